The van der Waals surface area contributed by atoms with Crippen LogP contribution in [-0.2, 0) is 0 Å². The van der Waals surface area contributed by atoms with E-state index >= 15 is 0 Å². The number of nitrogens with zero attached hydrogens (tertiary/aromatic N) is 4. The van der Waals surface area contributed by atoms with Crippen LogP contribution in [0.4, 0.5) is 0 Å². The van der Waals surface area contributed by atoms with Crippen molar-refractivity contribution in [1.82, 2.24) is 25.1 Å². The second kappa shape index (κ2) is 10.2. The number of hydrogen-bond donors (Lipinski definition) is 1. The fourth-order valence-corrected chi connectivity index (χ4v) is 4.20. The molecule has 5 rings (SSSR count). The maximum atomic E-state index is 6.17. The topological polar surface area (TPSA) is 94.6 Å². The molecule has 1 aliphatic rings. The highest BCUT2D eigenvalue weighted by atomic mass is 16.5. The average molecular weight is 476 g/mol. The summed E-state index contributed by atoms with van der Waals surface area (Å²) in [5.41, 5.74) is 2.50. The first-order valence-corrected chi connectivity index (χ1v) is 11.6. The highest BCUT2D eigenvalue weighted by Gasteiger charge is 2.19. The van der Waals surface area contributed by atoms with Crippen LogP contribution in [0.15, 0.2) is 48.8 Å². The summed E-state index contributed by atoms with van der Waals surface area (Å²) in [5, 5.41) is 8.00. The standard InChI is InChI=1S/C26H29N5O4/c1-31-10-8-17(9-11-31)15-34-24-13-22-20(12-23(24)33-3)26(28-16-27-22)35-25-14-21(29-30-25)18-4-6-19(32-2)7-5-18/h4-7,12-14,16-17H,8-11,15H2,1-3H3,(H,29,30). The largest absolute Gasteiger partial charge is 0.497 e. The Hall–Kier alpha value is -3.85. The summed E-state index contributed by atoms with van der Waals surface area (Å²) in [4.78, 5) is 11.1. The molecule has 0 amide bonds. The van der Waals surface area contributed by atoms with Crippen LogP contribution in [0.3, 0.4) is 0 Å². The highest BCUT2D eigenvalue weighted by Crippen LogP contribution is 2.36. The van der Waals surface area contributed by atoms with Crippen molar-refractivity contribution in [3.05, 3.63) is 48.8 Å². The summed E-state index contributed by atoms with van der Waals surface area (Å²) < 4.78 is 23.0. The quantitative estimate of drug-likeness (QED) is 0.397. The van der Waals surface area contributed by atoms with Gasteiger partial charge in [-0.2, -0.15) is 0 Å². The smallest absolute Gasteiger partial charge is 0.240 e. The summed E-state index contributed by atoms with van der Waals surface area (Å²) in [6.45, 7) is 2.86. The Balaban J connectivity index is 1.35. The molecule has 1 fully saturated rings. The number of benzene rings is 2. The fraction of sp³-hybridized carbons (Fsp3) is 0.346. The minimum absolute atomic E-state index is 0.392. The van der Waals surface area contributed by atoms with E-state index in [-0.39, 0.29) is 0 Å². The highest BCUT2D eigenvalue weighted by molar-refractivity contribution is 5.87. The molecule has 0 spiro atoms. The Morgan fingerprint density at radius 2 is 1.77 bits per heavy atom. The van der Waals surface area contributed by atoms with E-state index < -0.39 is 0 Å². The molecular formula is C26H29N5O4. The first-order valence-electron chi connectivity index (χ1n) is 11.6. The van der Waals surface area contributed by atoms with Crippen LogP contribution < -0.4 is 18.9 Å². The van der Waals surface area contributed by atoms with Gasteiger partial charge in [0.05, 0.1) is 37.4 Å². The number of fused-ring (bicyclic) bond motifs is 1. The molecule has 1 saturated heterocycles. The monoisotopic (exact) mass is 475 g/mol. The molecule has 1 N–H and O–H groups in total. The molecule has 0 radical (unpaired) electrons. The molecule has 1 aliphatic heterocycles. The number of aromatic nitrogens is 4. The van der Waals surface area contributed by atoms with Gasteiger partial charge in [0, 0.05) is 12.1 Å². The lowest BCUT2D eigenvalue weighted by Gasteiger charge is -2.28. The lowest BCUT2D eigenvalue weighted by molar-refractivity contribution is 0.157. The second-order valence-electron chi connectivity index (χ2n) is 8.71. The van der Waals surface area contributed by atoms with Crippen LogP contribution in [0.25, 0.3) is 22.2 Å². The van der Waals surface area contributed by atoms with E-state index in [1.165, 1.54) is 6.33 Å². The molecule has 3 heterocycles. The first kappa shape index (κ1) is 22.9. The summed E-state index contributed by atoms with van der Waals surface area (Å²) in [7, 11) is 5.43. The van der Waals surface area contributed by atoms with Gasteiger partial charge in [-0.25, -0.2) is 9.97 Å². The van der Waals surface area contributed by atoms with Crippen molar-refractivity contribution in [2.45, 2.75) is 12.8 Å². The van der Waals surface area contributed by atoms with E-state index in [9.17, 15) is 0 Å². The van der Waals surface area contributed by atoms with Crippen LogP contribution in [0.2, 0.25) is 0 Å². The molecule has 9 heteroatoms. The molecule has 0 bridgehead atoms. The van der Waals surface area contributed by atoms with Gasteiger partial charge in [0.1, 0.15) is 12.1 Å². The Bertz CT molecular complexity index is 1280. The van der Waals surface area contributed by atoms with Crippen molar-refractivity contribution in [3.8, 4) is 40.3 Å². The van der Waals surface area contributed by atoms with Crippen molar-refractivity contribution < 1.29 is 18.9 Å². The summed E-state index contributed by atoms with van der Waals surface area (Å²) in [5.74, 6) is 3.41. The van der Waals surface area contributed by atoms with E-state index in [0.29, 0.717) is 46.7 Å². The molecule has 9 nitrogen and oxygen atoms in total. The number of methoxy groups -OCH3 is 2. The van der Waals surface area contributed by atoms with E-state index in [2.05, 4.69) is 32.1 Å². The SMILES string of the molecule is COc1ccc(-c2cc(Oc3ncnc4cc(OCC5CCN(C)CC5)c(OC)cc34)n[nH]2)cc1. The number of nitrogens with one attached hydrogen (secondary N) is 1. The molecule has 0 atom stereocenters. The zero-order valence-corrected chi connectivity index (χ0v) is 20.2. The Kier molecular flexibility index (Phi) is 6.67. The minimum Gasteiger partial charge on any atom is -0.497 e. The number of hydrogen-bond acceptors (Lipinski definition) is 8. The average Bonchev–Trinajstić information content (AvgIpc) is 3.36. The lowest BCUT2D eigenvalue weighted by Crippen LogP contribution is -2.32. The third-order valence-corrected chi connectivity index (χ3v) is 6.35. The van der Waals surface area contributed by atoms with E-state index in [4.69, 9.17) is 18.9 Å². The molecule has 0 saturated carbocycles. The molecule has 182 valence electrons. The Labute approximate surface area is 204 Å². The van der Waals surface area contributed by atoms with Gasteiger partial charge in [-0.3, -0.25) is 5.10 Å². The fourth-order valence-electron chi connectivity index (χ4n) is 4.20. The predicted molar refractivity (Wildman–Crippen MR) is 132 cm³/mol. The van der Waals surface area contributed by atoms with Gasteiger partial charge in [0.15, 0.2) is 11.5 Å². The van der Waals surface area contributed by atoms with Crippen LogP contribution >= 0.6 is 0 Å². The molecule has 2 aromatic heterocycles. The predicted octanol–water partition coefficient (Wildman–Crippen LogP) is 4.55. The molecule has 0 unspecified atom stereocenters. The number of ether oxygens (including phenoxy) is 4. The van der Waals surface area contributed by atoms with Gasteiger partial charge in [0.2, 0.25) is 11.8 Å². The van der Waals surface area contributed by atoms with E-state index in [0.717, 1.165) is 42.9 Å². The van der Waals surface area contributed by atoms with Crippen LogP contribution in [0.1, 0.15) is 12.8 Å². The van der Waals surface area contributed by atoms with Crippen molar-refractivity contribution in [1.29, 1.82) is 0 Å². The zero-order chi connectivity index (χ0) is 24.2. The summed E-state index contributed by atoms with van der Waals surface area (Å²) >= 11 is 0. The van der Waals surface area contributed by atoms with Gasteiger partial charge in [-0.15, -0.1) is 5.10 Å². The van der Waals surface area contributed by atoms with Crippen LogP contribution in [0.5, 0.6) is 29.0 Å². The number of piperidine rings is 1. The molecule has 35 heavy (non-hydrogen) atoms. The molecule has 0 aliphatic carbocycles. The summed E-state index contributed by atoms with van der Waals surface area (Å²) in [6, 6.07) is 13.3. The van der Waals surface area contributed by atoms with Crippen molar-refractivity contribution in [2.24, 2.45) is 5.92 Å². The normalized spacial score (nSPS) is 14.7. The third kappa shape index (κ3) is 5.14. The number of rotatable bonds is 8. The molecule has 4 aromatic rings. The van der Waals surface area contributed by atoms with Crippen molar-refractivity contribution in [2.75, 3.05) is 41.0 Å². The van der Waals surface area contributed by atoms with Gasteiger partial charge in [-0.05, 0) is 74.8 Å². The van der Waals surface area contributed by atoms with E-state index in [1.807, 2.05) is 42.5 Å². The van der Waals surface area contributed by atoms with Gasteiger partial charge < -0.3 is 23.8 Å². The number of aromatic amines is 1. The molecular weight excluding hydrogens is 446 g/mol. The first-order chi connectivity index (χ1) is 17.1. The molecule has 2 aromatic carbocycles. The second-order valence-corrected chi connectivity index (χ2v) is 8.71. The third-order valence-electron chi connectivity index (χ3n) is 6.35. The van der Waals surface area contributed by atoms with Gasteiger partial charge >= 0.3 is 0 Å². The summed E-state index contributed by atoms with van der Waals surface area (Å²) in [6.07, 6.45) is 3.74. The maximum absolute atomic E-state index is 6.17. The van der Waals surface area contributed by atoms with Crippen molar-refractivity contribution in [3.63, 3.8) is 0 Å². The Morgan fingerprint density at radius 1 is 0.971 bits per heavy atom. The van der Waals surface area contributed by atoms with Crippen LogP contribution in [-0.4, -0.2) is 66.0 Å². The van der Waals surface area contributed by atoms with Crippen molar-refractivity contribution >= 4 is 10.9 Å². The number of likely N-dealkylation sites (tertiary alicyclic amines) is 1. The minimum atomic E-state index is 0.392. The Morgan fingerprint density at radius 3 is 2.51 bits per heavy atom. The maximum Gasteiger partial charge on any atom is 0.240 e. The van der Waals surface area contributed by atoms with Gasteiger partial charge in [0.25, 0.3) is 0 Å². The zero-order valence-electron chi connectivity index (χ0n) is 20.2. The lowest BCUT2D eigenvalue weighted by atomic mass is 9.98. The number of H-pyrrole nitrogens is 1. The van der Waals surface area contributed by atoms with E-state index in [1.54, 1.807) is 14.2 Å². The van der Waals surface area contributed by atoms with Gasteiger partial charge in [-0.1, -0.05) is 0 Å². The van der Waals surface area contributed by atoms with Crippen LogP contribution in [0, 0.1) is 5.92 Å².